The van der Waals surface area contributed by atoms with Crippen molar-refractivity contribution < 1.29 is 19.1 Å². The number of carbonyl (C=O) groups is 3. The molecular formula is C19H24ClN3O4. The second-order valence-electron chi connectivity index (χ2n) is 7.09. The molecule has 1 aliphatic heterocycles. The van der Waals surface area contributed by atoms with Gasteiger partial charge in [0.25, 0.3) is 0 Å². The summed E-state index contributed by atoms with van der Waals surface area (Å²) in [5.74, 6) is -0.142. The Kier molecular flexibility index (Phi) is 6.01. The summed E-state index contributed by atoms with van der Waals surface area (Å²) in [7, 11) is 1.46. The molecule has 1 aliphatic carbocycles. The fourth-order valence-corrected chi connectivity index (χ4v) is 3.33. The highest BCUT2D eigenvalue weighted by Crippen LogP contribution is 2.30. The number of ether oxygens (including phenoxy) is 1. The first-order valence-electron chi connectivity index (χ1n) is 9.00. The summed E-state index contributed by atoms with van der Waals surface area (Å²) in [6, 6.07) is 5.36. The van der Waals surface area contributed by atoms with E-state index < -0.39 is 0 Å². The van der Waals surface area contributed by atoms with Crippen LogP contribution in [0.15, 0.2) is 18.2 Å². The summed E-state index contributed by atoms with van der Waals surface area (Å²) in [4.78, 5) is 42.0. The first-order chi connectivity index (χ1) is 12.9. The highest BCUT2D eigenvalue weighted by atomic mass is 35.5. The van der Waals surface area contributed by atoms with Crippen LogP contribution in [0.4, 0.5) is 5.69 Å². The Bertz CT molecular complexity index is 750. The second kappa shape index (κ2) is 8.27. The van der Waals surface area contributed by atoms with Crippen molar-refractivity contribution in [2.24, 2.45) is 5.92 Å². The van der Waals surface area contributed by atoms with Gasteiger partial charge >= 0.3 is 0 Å². The third-order valence-electron chi connectivity index (χ3n) is 4.94. The molecule has 0 spiro atoms. The fourth-order valence-electron chi connectivity index (χ4n) is 3.16. The van der Waals surface area contributed by atoms with Crippen LogP contribution in [0.1, 0.15) is 18.4 Å². The average molecular weight is 394 g/mol. The molecule has 0 unspecified atom stereocenters. The van der Waals surface area contributed by atoms with Gasteiger partial charge < -0.3 is 14.5 Å². The van der Waals surface area contributed by atoms with E-state index in [0.717, 1.165) is 18.4 Å². The van der Waals surface area contributed by atoms with Gasteiger partial charge in [0.2, 0.25) is 17.7 Å². The monoisotopic (exact) mass is 393 g/mol. The predicted octanol–water partition coefficient (Wildman–Crippen LogP) is 1.67. The van der Waals surface area contributed by atoms with Crippen LogP contribution in [0.5, 0.6) is 0 Å². The van der Waals surface area contributed by atoms with Crippen molar-refractivity contribution in [3.05, 3.63) is 28.8 Å². The van der Waals surface area contributed by atoms with E-state index in [1.807, 2.05) is 13.0 Å². The van der Waals surface area contributed by atoms with E-state index in [1.54, 1.807) is 21.9 Å². The topological polar surface area (TPSA) is 70.2 Å². The molecule has 27 heavy (non-hydrogen) atoms. The first-order valence-corrected chi connectivity index (χ1v) is 9.38. The molecule has 1 aromatic rings. The SMILES string of the molecule is COCC(=O)N(CC(=O)N1CC(=O)N(c2cccc(Cl)c2C)C1)CC1CC1. The van der Waals surface area contributed by atoms with Crippen molar-refractivity contribution in [2.75, 3.05) is 44.9 Å². The fraction of sp³-hybridized carbons (Fsp3) is 0.526. The minimum atomic E-state index is -0.240. The maximum absolute atomic E-state index is 12.7. The van der Waals surface area contributed by atoms with Gasteiger partial charge in [-0.2, -0.15) is 0 Å². The molecule has 7 nitrogen and oxygen atoms in total. The average Bonchev–Trinajstić information content (AvgIpc) is 3.37. The van der Waals surface area contributed by atoms with Crippen molar-refractivity contribution in [1.82, 2.24) is 9.80 Å². The Labute approximate surface area is 163 Å². The molecular weight excluding hydrogens is 370 g/mol. The lowest BCUT2D eigenvalue weighted by molar-refractivity contribution is -0.142. The first kappa shape index (κ1) is 19.6. The highest BCUT2D eigenvalue weighted by Gasteiger charge is 2.35. The Morgan fingerprint density at radius 3 is 2.74 bits per heavy atom. The molecule has 0 aromatic heterocycles. The Morgan fingerprint density at radius 2 is 2.07 bits per heavy atom. The molecule has 0 atom stereocenters. The maximum Gasteiger partial charge on any atom is 0.249 e. The third kappa shape index (κ3) is 4.59. The molecule has 1 saturated carbocycles. The van der Waals surface area contributed by atoms with E-state index in [0.29, 0.717) is 23.2 Å². The van der Waals surface area contributed by atoms with E-state index in [1.165, 1.54) is 12.0 Å². The lowest BCUT2D eigenvalue weighted by atomic mass is 10.2. The van der Waals surface area contributed by atoms with Crippen LogP contribution in [0.3, 0.4) is 0 Å². The zero-order valence-electron chi connectivity index (χ0n) is 15.6. The van der Waals surface area contributed by atoms with Gasteiger partial charge in [-0.15, -0.1) is 0 Å². The van der Waals surface area contributed by atoms with Gasteiger partial charge in [-0.1, -0.05) is 17.7 Å². The van der Waals surface area contributed by atoms with Crippen molar-refractivity contribution in [3.8, 4) is 0 Å². The van der Waals surface area contributed by atoms with Gasteiger partial charge in [0.05, 0.1) is 6.54 Å². The second-order valence-corrected chi connectivity index (χ2v) is 7.50. The van der Waals surface area contributed by atoms with Crippen molar-refractivity contribution >= 4 is 35.0 Å². The van der Waals surface area contributed by atoms with Crippen LogP contribution in [0.25, 0.3) is 0 Å². The molecule has 146 valence electrons. The number of hydrogen-bond acceptors (Lipinski definition) is 4. The van der Waals surface area contributed by atoms with E-state index in [4.69, 9.17) is 16.3 Å². The number of anilines is 1. The number of hydrogen-bond donors (Lipinski definition) is 0. The van der Waals surface area contributed by atoms with E-state index in [-0.39, 0.29) is 44.1 Å². The van der Waals surface area contributed by atoms with E-state index in [2.05, 4.69) is 0 Å². The summed E-state index contributed by atoms with van der Waals surface area (Å²) in [6.45, 7) is 2.49. The molecule has 0 radical (unpaired) electrons. The summed E-state index contributed by atoms with van der Waals surface area (Å²) < 4.78 is 4.92. The van der Waals surface area contributed by atoms with Crippen LogP contribution in [-0.2, 0) is 19.1 Å². The van der Waals surface area contributed by atoms with Crippen LogP contribution in [-0.4, -0.2) is 67.5 Å². The number of amides is 3. The molecule has 3 amide bonds. The van der Waals surface area contributed by atoms with Gasteiger partial charge in [0.1, 0.15) is 19.8 Å². The number of methoxy groups -OCH3 is 1. The lowest BCUT2D eigenvalue weighted by Gasteiger charge is -2.25. The van der Waals surface area contributed by atoms with Crippen molar-refractivity contribution in [1.29, 1.82) is 0 Å². The Morgan fingerprint density at radius 1 is 1.33 bits per heavy atom. The lowest BCUT2D eigenvalue weighted by Crippen LogP contribution is -2.44. The number of halogens is 1. The van der Waals surface area contributed by atoms with Crippen LogP contribution in [0, 0.1) is 12.8 Å². The highest BCUT2D eigenvalue weighted by molar-refractivity contribution is 6.31. The van der Waals surface area contributed by atoms with Gasteiger partial charge in [-0.3, -0.25) is 19.3 Å². The summed E-state index contributed by atoms with van der Waals surface area (Å²) in [5.41, 5.74) is 1.50. The van der Waals surface area contributed by atoms with Gasteiger partial charge in [0.15, 0.2) is 0 Å². The molecule has 0 N–H and O–H groups in total. The molecule has 1 saturated heterocycles. The minimum absolute atomic E-state index is 0.000519. The maximum atomic E-state index is 12.7. The van der Waals surface area contributed by atoms with Crippen LogP contribution >= 0.6 is 11.6 Å². The van der Waals surface area contributed by atoms with Crippen LogP contribution < -0.4 is 4.90 Å². The van der Waals surface area contributed by atoms with Gasteiger partial charge in [-0.05, 0) is 43.4 Å². The molecule has 3 rings (SSSR count). The Hall–Kier alpha value is -2.12. The number of nitrogens with zero attached hydrogens (tertiary/aromatic N) is 3. The van der Waals surface area contributed by atoms with Gasteiger partial charge in [0, 0.05) is 24.4 Å². The molecule has 1 aromatic carbocycles. The zero-order chi connectivity index (χ0) is 19.6. The smallest absolute Gasteiger partial charge is 0.249 e. The largest absolute Gasteiger partial charge is 0.375 e. The molecule has 0 bridgehead atoms. The summed E-state index contributed by atoms with van der Waals surface area (Å²) in [5, 5.41) is 0.575. The normalized spacial score (nSPS) is 16.8. The van der Waals surface area contributed by atoms with Crippen molar-refractivity contribution in [2.45, 2.75) is 19.8 Å². The molecule has 2 fully saturated rings. The molecule has 2 aliphatic rings. The Balaban J connectivity index is 1.67. The third-order valence-corrected chi connectivity index (χ3v) is 5.35. The quantitative estimate of drug-likeness (QED) is 0.706. The number of benzene rings is 1. The van der Waals surface area contributed by atoms with Crippen molar-refractivity contribution in [3.63, 3.8) is 0 Å². The zero-order valence-corrected chi connectivity index (χ0v) is 16.4. The number of carbonyl (C=O) groups excluding carboxylic acids is 3. The predicted molar refractivity (Wildman–Crippen MR) is 101 cm³/mol. The minimum Gasteiger partial charge on any atom is -0.375 e. The number of rotatable bonds is 7. The van der Waals surface area contributed by atoms with Gasteiger partial charge in [-0.25, -0.2) is 0 Å². The standard InChI is InChI=1S/C19H24ClN3O4/c1-13-15(20)4-3-5-16(13)23-12-22(10-18(23)25)17(24)9-21(8-14-6-7-14)19(26)11-27-2/h3-5,14H,6-12H2,1-2H3. The van der Waals surface area contributed by atoms with E-state index in [9.17, 15) is 14.4 Å². The van der Waals surface area contributed by atoms with E-state index >= 15 is 0 Å². The van der Waals surface area contributed by atoms with Crippen LogP contribution in [0.2, 0.25) is 5.02 Å². The molecule has 8 heteroatoms. The molecule has 1 heterocycles. The summed E-state index contributed by atoms with van der Waals surface area (Å²) in [6.07, 6.45) is 2.16. The summed E-state index contributed by atoms with van der Waals surface area (Å²) >= 11 is 6.15.